The first-order valence-electron chi connectivity index (χ1n) is 8.56. The van der Waals surface area contributed by atoms with Crippen LogP contribution in [0.15, 0.2) is 57.8 Å². The van der Waals surface area contributed by atoms with Crippen molar-refractivity contribution in [2.24, 2.45) is 0 Å². The summed E-state index contributed by atoms with van der Waals surface area (Å²) in [5.74, 6) is -0.420. The number of hydrogen-bond acceptors (Lipinski definition) is 8. The largest absolute Gasteiger partial charge is 0.356 e. The summed E-state index contributed by atoms with van der Waals surface area (Å²) in [6.45, 7) is 0.538. The Balaban J connectivity index is 1.32. The summed E-state index contributed by atoms with van der Waals surface area (Å²) in [4.78, 5) is 12.4. The second kappa shape index (κ2) is 8.09. The zero-order valence-electron chi connectivity index (χ0n) is 14.9. The van der Waals surface area contributed by atoms with Crippen LogP contribution < -0.4 is 5.32 Å². The number of benzene rings is 2. The van der Waals surface area contributed by atoms with Gasteiger partial charge in [-0.3, -0.25) is 4.79 Å². The van der Waals surface area contributed by atoms with Gasteiger partial charge in [-0.25, -0.2) is 17.1 Å². The number of nitrogens with zero attached hydrogens (tertiary/aromatic N) is 3. The van der Waals surface area contributed by atoms with E-state index in [1.165, 1.54) is 47.4 Å². The highest BCUT2D eigenvalue weighted by Crippen LogP contribution is 2.31. The van der Waals surface area contributed by atoms with E-state index in [2.05, 4.69) is 15.5 Å². The predicted molar refractivity (Wildman–Crippen MR) is 109 cm³/mol. The van der Waals surface area contributed by atoms with Crippen LogP contribution in [-0.4, -0.2) is 41.1 Å². The Hall–Kier alpha value is -2.50. The molecule has 0 saturated carbocycles. The Bertz CT molecular complexity index is 1150. The first kappa shape index (κ1) is 19.8. The van der Waals surface area contributed by atoms with Crippen LogP contribution in [0.5, 0.6) is 0 Å². The van der Waals surface area contributed by atoms with Crippen molar-refractivity contribution in [3.8, 4) is 0 Å². The van der Waals surface area contributed by atoms with E-state index >= 15 is 0 Å². The van der Waals surface area contributed by atoms with Gasteiger partial charge in [0, 0.05) is 18.8 Å². The van der Waals surface area contributed by atoms with Crippen molar-refractivity contribution in [2.45, 2.75) is 15.8 Å². The normalized spacial score (nSPS) is 14.8. The number of rotatable bonds is 7. The number of fused-ring (bicyclic) bond motifs is 1. The molecule has 1 aliphatic rings. The smallest absolute Gasteiger partial charge is 0.269 e. The third-order valence-electron chi connectivity index (χ3n) is 4.20. The van der Waals surface area contributed by atoms with Gasteiger partial charge in [-0.2, -0.15) is 0 Å². The van der Waals surface area contributed by atoms with Gasteiger partial charge in [-0.05, 0) is 29.8 Å². The SMILES string of the molecule is O=C1c2ccccc2S(=O)(=O)N1CCSc1nnc(NCc2ccc(F)cc2)s1. The van der Waals surface area contributed by atoms with E-state index in [1.807, 2.05) is 0 Å². The van der Waals surface area contributed by atoms with Gasteiger partial charge in [0.05, 0.1) is 5.56 Å². The van der Waals surface area contributed by atoms with E-state index in [9.17, 15) is 17.6 Å². The van der Waals surface area contributed by atoms with E-state index in [-0.39, 0.29) is 22.8 Å². The molecule has 29 heavy (non-hydrogen) atoms. The predicted octanol–water partition coefficient (Wildman–Crippen LogP) is 3.23. The maximum Gasteiger partial charge on any atom is 0.269 e. The summed E-state index contributed by atoms with van der Waals surface area (Å²) >= 11 is 2.66. The molecule has 4 rings (SSSR count). The molecule has 2 heterocycles. The molecule has 1 aromatic heterocycles. The van der Waals surface area contributed by atoms with E-state index in [4.69, 9.17) is 0 Å². The zero-order chi connectivity index (χ0) is 20.4. The fraction of sp³-hybridized carbons (Fsp3) is 0.167. The van der Waals surface area contributed by atoms with Gasteiger partial charge in [0.1, 0.15) is 10.7 Å². The Morgan fingerprint density at radius 2 is 1.86 bits per heavy atom. The third kappa shape index (κ3) is 4.11. The lowest BCUT2D eigenvalue weighted by Crippen LogP contribution is -2.32. The summed E-state index contributed by atoms with van der Waals surface area (Å²) in [7, 11) is -3.79. The van der Waals surface area contributed by atoms with Gasteiger partial charge in [0.2, 0.25) is 5.13 Å². The van der Waals surface area contributed by atoms with Gasteiger partial charge in [0.25, 0.3) is 15.9 Å². The Labute approximate surface area is 175 Å². The minimum absolute atomic E-state index is 0.0539. The fourth-order valence-corrected chi connectivity index (χ4v) is 6.22. The molecule has 0 atom stereocenters. The van der Waals surface area contributed by atoms with Gasteiger partial charge in [-0.1, -0.05) is 47.4 Å². The van der Waals surface area contributed by atoms with Crippen LogP contribution in [-0.2, 0) is 16.6 Å². The molecule has 0 saturated heterocycles. The van der Waals surface area contributed by atoms with Crippen molar-refractivity contribution in [1.82, 2.24) is 14.5 Å². The molecule has 0 aliphatic carbocycles. The number of anilines is 1. The number of sulfonamides is 1. The molecule has 1 amide bonds. The number of carbonyl (C=O) groups excluding carboxylic acids is 1. The Morgan fingerprint density at radius 1 is 1.10 bits per heavy atom. The molecule has 11 heteroatoms. The lowest BCUT2D eigenvalue weighted by Gasteiger charge is -2.13. The van der Waals surface area contributed by atoms with Crippen molar-refractivity contribution < 1.29 is 17.6 Å². The van der Waals surface area contributed by atoms with E-state index < -0.39 is 15.9 Å². The third-order valence-corrected chi connectivity index (χ3v) is 8.03. The molecule has 7 nitrogen and oxygen atoms in total. The number of nitrogens with one attached hydrogen (secondary N) is 1. The van der Waals surface area contributed by atoms with E-state index in [0.717, 1.165) is 9.87 Å². The molecule has 0 radical (unpaired) electrons. The highest BCUT2D eigenvalue weighted by Gasteiger charge is 2.40. The summed E-state index contributed by atoms with van der Waals surface area (Å²) in [5, 5.41) is 11.8. The minimum atomic E-state index is -3.79. The molecule has 0 bridgehead atoms. The lowest BCUT2D eigenvalue weighted by atomic mass is 10.2. The van der Waals surface area contributed by atoms with E-state index in [0.29, 0.717) is 21.8 Å². The summed E-state index contributed by atoms with van der Waals surface area (Å²) in [5.41, 5.74) is 1.12. The quantitative estimate of drug-likeness (QED) is 0.553. The lowest BCUT2D eigenvalue weighted by molar-refractivity contribution is 0.0876. The first-order valence-corrected chi connectivity index (χ1v) is 11.8. The molecule has 0 spiro atoms. The standard InChI is InChI=1S/C18H15FN4O3S3/c19-13-7-5-12(6-8-13)11-20-17-21-22-18(28-17)27-10-9-23-16(24)14-3-1-2-4-15(14)29(23,25)26/h1-8H,9-11H2,(H,20,21). The number of thioether (sulfide) groups is 1. The van der Waals surface area contributed by atoms with E-state index in [1.54, 1.807) is 24.3 Å². The van der Waals surface area contributed by atoms with Gasteiger partial charge in [0.15, 0.2) is 4.34 Å². The molecule has 2 aromatic carbocycles. The molecule has 1 aliphatic heterocycles. The topological polar surface area (TPSA) is 92.3 Å². The Morgan fingerprint density at radius 3 is 2.62 bits per heavy atom. The maximum absolute atomic E-state index is 12.9. The van der Waals surface area contributed by atoms with Crippen LogP contribution in [0.1, 0.15) is 15.9 Å². The molecule has 0 fully saturated rings. The fourth-order valence-electron chi connectivity index (χ4n) is 2.79. The van der Waals surface area contributed by atoms with Crippen LogP contribution >= 0.6 is 23.1 Å². The van der Waals surface area contributed by atoms with Gasteiger partial charge >= 0.3 is 0 Å². The van der Waals surface area contributed by atoms with Crippen LogP contribution in [0.25, 0.3) is 0 Å². The van der Waals surface area contributed by atoms with Gasteiger partial charge in [-0.15, -0.1) is 10.2 Å². The number of aromatic nitrogens is 2. The van der Waals surface area contributed by atoms with Crippen molar-refractivity contribution in [1.29, 1.82) is 0 Å². The zero-order valence-corrected chi connectivity index (χ0v) is 17.4. The Kier molecular flexibility index (Phi) is 5.52. The highest BCUT2D eigenvalue weighted by molar-refractivity contribution is 8.01. The van der Waals surface area contributed by atoms with Crippen molar-refractivity contribution >= 4 is 44.2 Å². The molecular formula is C18H15FN4O3S3. The monoisotopic (exact) mass is 450 g/mol. The molecule has 1 N–H and O–H groups in total. The minimum Gasteiger partial charge on any atom is -0.356 e. The maximum atomic E-state index is 12.9. The van der Waals surface area contributed by atoms with Crippen LogP contribution in [0.2, 0.25) is 0 Å². The number of amides is 1. The summed E-state index contributed by atoms with van der Waals surface area (Å²) in [6.07, 6.45) is 0. The van der Waals surface area contributed by atoms with Crippen molar-refractivity contribution in [3.63, 3.8) is 0 Å². The second-order valence-electron chi connectivity index (χ2n) is 6.08. The van der Waals surface area contributed by atoms with Crippen molar-refractivity contribution in [2.75, 3.05) is 17.6 Å². The molecule has 150 valence electrons. The van der Waals surface area contributed by atoms with Crippen molar-refractivity contribution in [3.05, 3.63) is 65.5 Å². The molecule has 0 unspecified atom stereocenters. The average molecular weight is 451 g/mol. The summed E-state index contributed by atoms with van der Waals surface area (Å²) in [6, 6.07) is 12.4. The number of halogens is 1. The van der Waals surface area contributed by atoms with Crippen LogP contribution in [0.4, 0.5) is 9.52 Å². The van der Waals surface area contributed by atoms with Gasteiger partial charge < -0.3 is 5.32 Å². The van der Waals surface area contributed by atoms with Crippen LogP contribution in [0.3, 0.4) is 0 Å². The number of carbonyl (C=O) groups is 1. The molecular weight excluding hydrogens is 435 g/mol. The molecule has 3 aromatic rings. The second-order valence-corrected chi connectivity index (χ2v) is 10.2. The highest BCUT2D eigenvalue weighted by atomic mass is 32.2. The first-order chi connectivity index (χ1) is 13.9. The van der Waals surface area contributed by atoms with Crippen LogP contribution in [0, 0.1) is 5.82 Å². The average Bonchev–Trinajstić information content (AvgIpc) is 3.24. The number of hydrogen-bond donors (Lipinski definition) is 1. The summed E-state index contributed by atoms with van der Waals surface area (Å²) < 4.78 is 39.5.